The van der Waals surface area contributed by atoms with E-state index in [2.05, 4.69) is 0 Å². The minimum absolute atomic E-state index is 0.00168. The molecule has 238 valence electrons. The van der Waals surface area contributed by atoms with Crippen LogP contribution in [0.1, 0.15) is 73.3 Å². The first-order chi connectivity index (χ1) is 31.4. The third-order valence-electron chi connectivity index (χ3n) is 10.6. The van der Waals surface area contributed by atoms with Crippen molar-refractivity contribution in [2.24, 2.45) is 0 Å². The van der Waals surface area contributed by atoms with Crippen molar-refractivity contribution in [2.75, 3.05) is 0 Å². The molecule has 0 aliphatic heterocycles. The van der Waals surface area contributed by atoms with Crippen LogP contribution in [0.5, 0.6) is 0 Å². The second-order valence-electron chi connectivity index (χ2n) is 14.0. The molecule has 2 aromatic heterocycles. The number of nitrogens with zero attached hydrogens (tertiary/aromatic N) is 2. The van der Waals surface area contributed by atoms with Crippen LogP contribution in [0.25, 0.3) is 77.2 Å². The Morgan fingerprint density at radius 3 is 1.74 bits per heavy atom. The van der Waals surface area contributed by atoms with Gasteiger partial charge in [-0.15, -0.1) is 0 Å². The van der Waals surface area contributed by atoms with E-state index in [9.17, 15) is 13.7 Å². The zero-order chi connectivity index (χ0) is 48.3. The lowest BCUT2D eigenvalue weighted by Crippen LogP contribution is -2.15. The first-order valence-electron chi connectivity index (χ1n) is 24.9. The lowest BCUT2D eigenvalue weighted by Gasteiger charge is -2.22. The average Bonchev–Trinajstić information content (AvgIpc) is 3.89. The van der Waals surface area contributed by atoms with E-state index < -0.39 is 35.0 Å². The largest absolute Gasteiger partial charge is 0.309 e. The van der Waals surface area contributed by atoms with E-state index in [4.69, 9.17) is 9.60 Å². The van der Waals surface area contributed by atoms with Gasteiger partial charge in [0.15, 0.2) is 0 Å². The van der Waals surface area contributed by atoms with Crippen molar-refractivity contribution in [3.8, 4) is 33.6 Å². The Morgan fingerprint density at radius 1 is 0.420 bits per heavy atom. The molecule has 9 aromatic rings. The summed E-state index contributed by atoms with van der Waals surface area (Å²) in [6, 6.07) is 4.81. The number of rotatable bonds is 2. The summed E-state index contributed by atoms with van der Waals surface area (Å²) in [4.78, 5) is 0. The molecule has 2 aliphatic carbocycles. The Balaban J connectivity index is 1.35. The lowest BCUT2D eigenvalue weighted by molar-refractivity contribution is 0.660. The summed E-state index contributed by atoms with van der Waals surface area (Å²) < 4.78 is 160. The van der Waals surface area contributed by atoms with Crippen LogP contribution in [0, 0.1) is 0 Å². The number of benzene rings is 7. The second kappa shape index (κ2) is 9.43. The van der Waals surface area contributed by atoms with Crippen molar-refractivity contribution in [2.45, 2.75) is 38.5 Å². The third kappa shape index (κ3) is 3.39. The summed E-state index contributed by atoms with van der Waals surface area (Å²) >= 11 is 0. The van der Waals surface area contributed by atoms with Crippen molar-refractivity contribution < 1.29 is 23.3 Å². The minimum Gasteiger partial charge on any atom is -0.309 e. The summed E-state index contributed by atoms with van der Waals surface area (Å²) in [5.74, 6) is 0. The fourth-order valence-corrected chi connectivity index (χ4v) is 8.27. The fourth-order valence-electron chi connectivity index (χ4n) is 8.27. The van der Waals surface area contributed by atoms with Gasteiger partial charge in [0.2, 0.25) is 0 Å². The van der Waals surface area contributed by atoms with Gasteiger partial charge < -0.3 is 9.13 Å². The Labute approximate surface area is 315 Å². The minimum atomic E-state index is -1.11. The molecule has 7 aromatic carbocycles. The zero-order valence-corrected chi connectivity index (χ0v) is 27.4. The first kappa shape index (κ1) is 16.2. The van der Waals surface area contributed by atoms with E-state index in [1.807, 2.05) is 0 Å². The van der Waals surface area contributed by atoms with E-state index in [-0.39, 0.29) is 150 Å². The predicted molar refractivity (Wildman–Crippen MR) is 210 cm³/mol. The van der Waals surface area contributed by atoms with E-state index in [0.29, 0.717) is 27.8 Å². The number of hydrogen-bond acceptors (Lipinski definition) is 0. The Kier molecular flexibility index (Phi) is 3.06. The van der Waals surface area contributed by atoms with Crippen LogP contribution in [0.15, 0.2) is 145 Å². The number of hydrogen-bond donors (Lipinski definition) is 0. The summed E-state index contributed by atoms with van der Waals surface area (Å²) in [7, 11) is 0. The van der Waals surface area contributed by atoms with Gasteiger partial charge in [-0.05, 0) is 92.8 Å². The van der Waals surface area contributed by atoms with Gasteiger partial charge in [-0.25, -0.2) is 0 Å². The van der Waals surface area contributed by atoms with Gasteiger partial charge in [-0.1, -0.05) is 125 Å². The van der Waals surface area contributed by atoms with Crippen LogP contribution in [-0.2, 0) is 10.8 Å². The molecule has 0 unspecified atom stereocenters. The topological polar surface area (TPSA) is 9.86 Å². The third-order valence-corrected chi connectivity index (χ3v) is 10.6. The number of aromatic nitrogens is 2. The van der Waals surface area contributed by atoms with E-state index in [0.717, 1.165) is 6.07 Å². The molecule has 0 spiro atoms. The van der Waals surface area contributed by atoms with Gasteiger partial charge in [-0.2, -0.15) is 0 Å². The second-order valence-corrected chi connectivity index (χ2v) is 14.0. The van der Waals surface area contributed by atoms with E-state index >= 15 is 0 Å². The molecule has 2 heterocycles. The van der Waals surface area contributed by atoms with Gasteiger partial charge in [0, 0.05) is 43.7 Å². The standard InChI is InChI=1S/C48H36N2/c1-47(2)37-17-9-5-13-31(37)33-23-21-29(27-39(33)47)49-41-19-11-7-15-35(41)45-43(49)25-26-44-46(45)36-16-8-12-20-42(36)50(44)30-22-24-34-32-14-6-10-18-38(32)48(3,4)40(34)28-30/h5-28H,1-4H3/i5D,6D,7D,8D,13D,15D,17D,18D,19D,20D,21D,22D,24D,25D,26D,27D,28D. The number of para-hydroxylation sites is 2. The monoisotopic (exact) mass is 657 g/mol. The van der Waals surface area contributed by atoms with Crippen molar-refractivity contribution in [3.05, 3.63) is 167 Å². The molecule has 0 saturated carbocycles. The Hall–Kier alpha value is -5.86. The van der Waals surface area contributed by atoms with E-state index in [1.54, 1.807) is 27.7 Å². The molecule has 2 heteroatoms. The maximum atomic E-state index is 9.91. The highest BCUT2D eigenvalue weighted by Crippen LogP contribution is 2.51. The van der Waals surface area contributed by atoms with Crippen LogP contribution in [0.3, 0.4) is 0 Å². The average molecular weight is 658 g/mol. The summed E-state index contributed by atoms with van der Waals surface area (Å²) in [6.07, 6.45) is 0. The van der Waals surface area contributed by atoms with Crippen LogP contribution < -0.4 is 0 Å². The fraction of sp³-hybridized carbons (Fsp3) is 0.125. The Morgan fingerprint density at radius 2 is 0.960 bits per heavy atom. The lowest BCUT2D eigenvalue weighted by atomic mass is 9.82. The molecule has 0 bridgehead atoms. The highest BCUT2D eigenvalue weighted by Gasteiger charge is 2.37. The number of fused-ring (bicyclic) bond motifs is 13. The molecule has 0 amide bonds. The van der Waals surface area contributed by atoms with Gasteiger partial charge >= 0.3 is 0 Å². The van der Waals surface area contributed by atoms with Crippen molar-refractivity contribution >= 4 is 43.6 Å². The maximum absolute atomic E-state index is 9.91. The zero-order valence-electron chi connectivity index (χ0n) is 44.4. The van der Waals surface area contributed by atoms with Crippen LogP contribution in [-0.4, -0.2) is 9.13 Å². The normalized spacial score (nSPS) is 19.9. The quantitative estimate of drug-likeness (QED) is 0.175. The molecular weight excluding hydrogens is 605 g/mol. The van der Waals surface area contributed by atoms with Crippen LogP contribution in [0.4, 0.5) is 0 Å². The predicted octanol–water partition coefficient (Wildman–Crippen LogP) is 12.5. The van der Waals surface area contributed by atoms with Gasteiger partial charge in [0.1, 0.15) is 0 Å². The van der Waals surface area contributed by atoms with Crippen LogP contribution in [0.2, 0.25) is 0 Å². The van der Waals surface area contributed by atoms with Gasteiger partial charge in [0.25, 0.3) is 0 Å². The molecule has 0 atom stereocenters. The molecule has 2 aliphatic rings. The van der Waals surface area contributed by atoms with Crippen molar-refractivity contribution in [3.63, 3.8) is 0 Å². The van der Waals surface area contributed by atoms with Gasteiger partial charge in [0.05, 0.1) is 45.4 Å². The first-order valence-corrected chi connectivity index (χ1v) is 16.4. The molecule has 0 fully saturated rings. The summed E-state index contributed by atoms with van der Waals surface area (Å²) in [5.41, 5.74) is -0.328. The van der Waals surface area contributed by atoms with E-state index in [1.165, 1.54) is 45.5 Å². The molecule has 0 N–H and O–H groups in total. The Bertz CT molecular complexity index is 3900. The molecule has 2 nitrogen and oxygen atoms in total. The highest BCUT2D eigenvalue weighted by molar-refractivity contribution is 6.29. The van der Waals surface area contributed by atoms with Crippen LogP contribution >= 0.6 is 0 Å². The molecule has 0 radical (unpaired) electrons. The van der Waals surface area contributed by atoms with Crippen molar-refractivity contribution in [1.82, 2.24) is 9.13 Å². The maximum Gasteiger partial charge on any atom is 0.0648 e. The summed E-state index contributed by atoms with van der Waals surface area (Å²) in [5, 5.41) is 0.165. The smallest absolute Gasteiger partial charge is 0.0648 e. The van der Waals surface area contributed by atoms with Crippen molar-refractivity contribution in [1.29, 1.82) is 0 Å². The molecule has 11 rings (SSSR count). The SMILES string of the molecule is [2H]c1cc([2H])c2c(c1)-c1c([2H])c([2H])c(-n3c4c([2H])cc([2H])cc4c4c5c6c([2H])c([2H])cc([2H])c6n(-c6c([2H])cc7c(c6[2H])C(C)(C)c6c([2H])cc([2H])c([2H])c6-7)c5c([2H])c([2H])c43)c([2H])c1C2(C)C. The summed E-state index contributed by atoms with van der Waals surface area (Å²) in [6.45, 7) is 7.11. The van der Waals surface area contributed by atoms with Gasteiger partial charge in [-0.3, -0.25) is 0 Å². The molecule has 0 saturated heterocycles. The molecular formula is C48H36N2. The highest BCUT2D eigenvalue weighted by atomic mass is 15.0. The molecule has 50 heavy (non-hydrogen) atoms.